The van der Waals surface area contributed by atoms with Gasteiger partial charge < -0.3 is 14.8 Å². The molecule has 7 heteroatoms. The monoisotopic (exact) mass is 536 g/mol. The lowest BCUT2D eigenvalue weighted by molar-refractivity contribution is -0.139. The second-order valence-corrected chi connectivity index (χ2v) is 11.9. The minimum absolute atomic E-state index is 0.200. The summed E-state index contributed by atoms with van der Waals surface area (Å²) >= 11 is 1.53. The van der Waals surface area contributed by atoms with E-state index in [1.54, 1.807) is 0 Å². The lowest BCUT2D eigenvalue weighted by atomic mass is 9.90. The Morgan fingerprint density at radius 1 is 1.08 bits per heavy atom. The fraction of sp³-hybridized carbons (Fsp3) is 0.452. The molecule has 38 heavy (non-hydrogen) atoms. The second kappa shape index (κ2) is 13.1. The lowest BCUT2D eigenvalue weighted by Gasteiger charge is -2.22. The predicted molar refractivity (Wildman–Crippen MR) is 156 cm³/mol. The molecule has 0 bridgehead atoms. The Bertz CT molecular complexity index is 1260. The number of nitrogens with one attached hydrogen (secondary N) is 1. The van der Waals surface area contributed by atoms with Crippen molar-refractivity contribution >= 4 is 34.7 Å². The van der Waals surface area contributed by atoms with Crippen LogP contribution in [0.2, 0.25) is 0 Å². The molecule has 0 saturated carbocycles. The van der Waals surface area contributed by atoms with Gasteiger partial charge in [-0.2, -0.15) is 0 Å². The Hall–Kier alpha value is -3.06. The first-order valence-corrected chi connectivity index (χ1v) is 14.3. The number of thioether (sulfide) groups is 1. The summed E-state index contributed by atoms with van der Waals surface area (Å²) in [5.41, 5.74) is 6.73. The number of hydrogen-bond donors (Lipinski definition) is 1. The lowest BCUT2D eigenvalue weighted by Crippen LogP contribution is -2.32. The fourth-order valence-electron chi connectivity index (χ4n) is 4.22. The van der Waals surface area contributed by atoms with Gasteiger partial charge in [0.05, 0.1) is 17.9 Å². The number of nitrogens with zero attached hydrogens (tertiary/aromatic N) is 1. The molecule has 0 unspecified atom stereocenters. The molecule has 1 N–H and O–H groups in total. The van der Waals surface area contributed by atoms with E-state index in [0.29, 0.717) is 30.6 Å². The van der Waals surface area contributed by atoms with Crippen LogP contribution in [0.5, 0.6) is 0 Å². The third-order valence-corrected chi connectivity index (χ3v) is 6.76. The molecule has 1 aromatic heterocycles. The van der Waals surface area contributed by atoms with Crippen molar-refractivity contribution in [1.82, 2.24) is 10.3 Å². The number of rotatable bonds is 10. The standard InChI is InChI=1S/C31H40N2O4S/c1-8-36-28(34)19-38-18-22-11-14-26-24(16-22)29(23-12-9-21(4)10-13-23)25(27(33-26)15-20(2)3)17-32-30(35)37-31(5,6)7/h9-14,16,20H,8,15,17-19H2,1-7H3,(H,32,35). The van der Waals surface area contributed by atoms with Gasteiger partial charge in [0, 0.05) is 28.9 Å². The normalized spacial score (nSPS) is 11.6. The van der Waals surface area contributed by atoms with Gasteiger partial charge in [-0.1, -0.05) is 49.7 Å². The average molecular weight is 537 g/mol. The van der Waals surface area contributed by atoms with Gasteiger partial charge in [0.2, 0.25) is 0 Å². The van der Waals surface area contributed by atoms with Crippen LogP contribution in [0, 0.1) is 12.8 Å². The summed E-state index contributed by atoms with van der Waals surface area (Å²) in [4.78, 5) is 29.5. The molecule has 1 heterocycles. The van der Waals surface area contributed by atoms with Crippen molar-refractivity contribution in [2.75, 3.05) is 12.4 Å². The summed E-state index contributed by atoms with van der Waals surface area (Å²) in [6, 6.07) is 14.8. The highest BCUT2D eigenvalue weighted by atomic mass is 32.2. The highest BCUT2D eigenvalue weighted by Crippen LogP contribution is 2.35. The van der Waals surface area contributed by atoms with Crippen molar-refractivity contribution in [1.29, 1.82) is 0 Å². The van der Waals surface area contributed by atoms with E-state index in [9.17, 15) is 9.59 Å². The first-order valence-electron chi connectivity index (χ1n) is 13.2. The van der Waals surface area contributed by atoms with Gasteiger partial charge in [-0.25, -0.2) is 4.79 Å². The average Bonchev–Trinajstić information content (AvgIpc) is 2.82. The summed E-state index contributed by atoms with van der Waals surface area (Å²) < 4.78 is 10.6. The van der Waals surface area contributed by atoms with Gasteiger partial charge >= 0.3 is 12.1 Å². The number of pyridine rings is 1. The second-order valence-electron chi connectivity index (χ2n) is 10.9. The zero-order valence-electron chi connectivity index (χ0n) is 23.6. The van der Waals surface area contributed by atoms with Gasteiger partial charge in [0.1, 0.15) is 5.60 Å². The SMILES string of the molecule is CCOC(=O)CSCc1ccc2nc(CC(C)C)c(CNC(=O)OC(C)(C)C)c(-c3ccc(C)cc3)c2c1. The molecular formula is C31H40N2O4S. The molecule has 0 spiro atoms. The van der Waals surface area contributed by atoms with Crippen LogP contribution in [0.15, 0.2) is 42.5 Å². The zero-order chi connectivity index (χ0) is 27.9. The number of benzene rings is 2. The van der Waals surface area contributed by atoms with E-state index in [2.05, 4.69) is 68.6 Å². The molecule has 0 aliphatic rings. The van der Waals surface area contributed by atoms with Crippen LogP contribution in [0.4, 0.5) is 4.79 Å². The first-order chi connectivity index (χ1) is 18.0. The molecule has 0 fully saturated rings. The Morgan fingerprint density at radius 2 is 1.79 bits per heavy atom. The highest BCUT2D eigenvalue weighted by Gasteiger charge is 2.21. The van der Waals surface area contributed by atoms with Gasteiger partial charge in [-0.3, -0.25) is 9.78 Å². The number of hydrogen-bond acceptors (Lipinski definition) is 6. The maximum absolute atomic E-state index is 12.6. The zero-order valence-corrected chi connectivity index (χ0v) is 24.5. The number of amides is 1. The van der Waals surface area contributed by atoms with E-state index >= 15 is 0 Å². The molecular weight excluding hydrogens is 496 g/mol. The van der Waals surface area contributed by atoms with Gasteiger partial charge in [-0.15, -0.1) is 11.8 Å². The number of ether oxygens (including phenoxy) is 2. The van der Waals surface area contributed by atoms with Gasteiger partial charge in [0.15, 0.2) is 0 Å². The summed E-state index contributed by atoms with van der Waals surface area (Å²) in [5, 5.41) is 4.00. The topological polar surface area (TPSA) is 77.5 Å². The maximum Gasteiger partial charge on any atom is 0.407 e. The Balaban J connectivity index is 2.10. The Labute approximate surface area is 230 Å². The van der Waals surface area contributed by atoms with Crippen molar-refractivity contribution in [2.45, 2.75) is 72.8 Å². The predicted octanol–water partition coefficient (Wildman–Crippen LogP) is 7.23. The maximum atomic E-state index is 12.6. The Kier molecular flexibility index (Phi) is 10.2. The highest BCUT2D eigenvalue weighted by molar-refractivity contribution is 7.99. The van der Waals surface area contributed by atoms with Gasteiger partial charge in [-0.05, 0) is 75.8 Å². The smallest absolute Gasteiger partial charge is 0.407 e. The van der Waals surface area contributed by atoms with Crippen molar-refractivity contribution in [2.24, 2.45) is 5.92 Å². The van der Waals surface area contributed by atoms with Crippen molar-refractivity contribution in [3.63, 3.8) is 0 Å². The minimum atomic E-state index is -0.581. The molecule has 0 aliphatic carbocycles. The number of aryl methyl sites for hydroxylation is 1. The first kappa shape index (κ1) is 29.5. The summed E-state index contributed by atoms with van der Waals surface area (Å²) in [6.07, 6.45) is 0.337. The van der Waals surface area contributed by atoms with E-state index in [-0.39, 0.29) is 5.97 Å². The summed E-state index contributed by atoms with van der Waals surface area (Å²) in [7, 11) is 0. The largest absolute Gasteiger partial charge is 0.465 e. The van der Waals surface area contributed by atoms with Crippen LogP contribution in [-0.4, -0.2) is 35.0 Å². The van der Waals surface area contributed by atoms with E-state index in [1.807, 2.05) is 27.7 Å². The minimum Gasteiger partial charge on any atom is -0.465 e. The number of alkyl carbamates (subject to hydrolysis) is 1. The van der Waals surface area contributed by atoms with Crippen LogP contribution in [0.1, 0.15) is 63.9 Å². The molecule has 0 aliphatic heterocycles. The van der Waals surface area contributed by atoms with E-state index in [1.165, 1.54) is 17.3 Å². The van der Waals surface area contributed by atoms with E-state index in [0.717, 1.165) is 45.3 Å². The van der Waals surface area contributed by atoms with Crippen molar-refractivity contribution in [3.05, 3.63) is 64.8 Å². The number of carbonyl (C=O) groups excluding carboxylic acids is 2. The molecule has 0 saturated heterocycles. The van der Waals surface area contributed by atoms with E-state index in [4.69, 9.17) is 14.5 Å². The van der Waals surface area contributed by atoms with Crippen LogP contribution in [0.25, 0.3) is 22.0 Å². The number of carbonyl (C=O) groups is 2. The summed E-state index contributed by atoms with van der Waals surface area (Å²) in [6.45, 7) is 14.5. The van der Waals surface area contributed by atoms with Crippen LogP contribution >= 0.6 is 11.8 Å². The Morgan fingerprint density at radius 3 is 2.42 bits per heavy atom. The third-order valence-electron chi connectivity index (χ3n) is 5.78. The van der Waals surface area contributed by atoms with Crippen molar-refractivity contribution in [3.8, 4) is 11.1 Å². The van der Waals surface area contributed by atoms with E-state index < -0.39 is 11.7 Å². The number of esters is 1. The molecule has 1 amide bonds. The van der Waals surface area contributed by atoms with Crippen LogP contribution < -0.4 is 5.32 Å². The van der Waals surface area contributed by atoms with Crippen molar-refractivity contribution < 1.29 is 19.1 Å². The molecule has 6 nitrogen and oxygen atoms in total. The number of aromatic nitrogens is 1. The molecule has 2 aromatic carbocycles. The molecule has 3 rings (SSSR count). The van der Waals surface area contributed by atoms with Crippen LogP contribution in [0.3, 0.4) is 0 Å². The van der Waals surface area contributed by atoms with Crippen LogP contribution in [-0.2, 0) is 33.0 Å². The molecule has 0 atom stereocenters. The number of fused-ring (bicyclic) bond motifs is 1. The molecule has 0 radical (unpaired) electrons. The van der Waals surface area contributed by atoms with Gasteiger partial charge in [0.25, 0.3) is 0 Å². The quantitative estimate of drug-likeness (QED) is 0.275. The third kappa shape index (κ3) is 8.48. The molecule has 204 valence electrons. The molecule has 3 aromatic rings. The fourth-order valence-corrected chi connectivity index (χ4v) is 4.98. The summed E-state index contributed by atoms with van der Waals surface area (Å²) in [5.74, 6) is 1.19.